The van der Waals surface area contributed by atoms with Crippen molar-refractivity contribution in [3.05, 3.63) is 82.2 Å². The molecule has 0 unspecified atom stereocenters. The average molecular weight is 675 g/mol. The van der Waals surface area contributed by atoms with Crippen molar-refractivity contribution < 1.29 is 31.4 Å². The number of alkyl halides is 3. The van der Waals surface area contributed by atoms with Crippen molar-refractivity contribution in [3.8, 4) is 17.4 Å². The zero-order valence-electron chi connectivity index (χ0n) is 24.8. The van der Waals surface area contributed by atoms with Gasteiger partial charge in [-0.2, -0.15) is 18.3 Å². The van der Waals surface area contributed by atoms with E-state index in [-0.39, 0.29) is 41.0 Å². The molecule has 0 saturated carbocycles. The van der Waals surface area contributed by atoms with E-state index in [1.807, 2.05) is 9.67 Å². The van der Waals surface area contributed by atoms with Gasteiger partial charge in [-0.1, -0.05) is 17.7 Å². The summed E-state index contributed by atoms with van der Waals surface area (Å²) in [5.74, 6) is -1.78. The molecule has 6 heterocycles. The highest BCUT2D eigenvalue weighted by molar-refractivity contribution is 6.30. The number of aromatic amines is 1. The van der Waals surface area contributed by atoms with Gasteiger partial charge < -0.3 is 14.0 Å². The van der Waals surface area contributed by atoms with E-state index >= 15 is 0 Å². The number of ether oxygens (including phenoxy) is 2. The Labute approximate surface area is 269 Å². The summed E-state index contributed by atoms with van der Waals surface area (Å²) >= 11 is 5.85. The smallest absolute Gasteiger partial charge is 0.451 e. The van der Waals surface area contributed by atoms with Crippen LogP contribution in [0.5, 0.6) is 5.88 Å². The van der Waals surface area contributed by atoms with E-state index in [9.17, 15) is 22.0 Å². The first kappa shape index (κ1) is 31.4. The summed E-state index contributed by atoms with van der Waals surface area (Å²) < 4.78 is 81.8. The standard InChI is InChI=1S/C31H28ClF5N8O2/c32-18-2-1-17(23(34)12-18)11-19-3-4-22(33)29(39-19)47-20-5-8-44(9-6-20)16-27-40-24-13-25(28-41-30(43-42-28)31(35,36)37)38-14-26(24)45(27)15-21-7-10-46-21/h1-4,12-14,20-21H,5-11,15-16H2,(H,41,42,43)/t21-/m0/s1. The molecule has 1 atom stereocenters. The summed E-state index contributed by atoms with van der Waals surface area (Å²) in [4.78, 5) is 19.2. The number of hydrogen-bond donors (Lipinski definition) is 1. The highest BCUT2D eigenvalue weighted by Crippen LogP contribution is 2.29. The summed E-state index contributed by atoms with van der Waals surface area (Å²) in [6.45, 7) is 3.03. The van der Waals surface area contributed by atoms with Crippen LogP contribution in [0.4, 0.5) is 22.0 Å². The summed E-state index contributed by atoms with van der Waals surface area (Å²) in [5, 5.41) is 5.89. The van der Waals surface area contributed by atoms with Crippen LogP contribution in [-0.4, -0.2) is 71.5 Å². The minimum atomic E-state index is -4.65. The van der Waals surface area contributed by atoms with Gasteiger partial charge in [0.15, 0.2) is 11.6 Å². The highest BCUT2D eigenvalue weighted by atomic mass is 35.5. The van der Waals surface area contributed by atoms with Crippen molar-refractivity contribution in [2.75, 3.05) is 19.7 Å². The Morgan fingerprint density at radius 1 is 1.00 bits per heavy atom. The zero-order valence-corrected chi connectivity index (χ0v) is 25.5. The Bertz CT molecular complexity index is 1900. The SMILES string of the molecule is Fc1cc(Cl)ccc1Cc1ccc(F)c(OC2CCN(Cc3nc4cc(-c5n[nH]c(C(F)(F)F)n5)ncc4n3C[C@@H]3CCO3)CC2)n1. The second-order valence-electron chi connectivity index (χ2n) is 11.6. The van der Waals surface area contributed by atoms with Crippen LogP contribution in [0.3, 0.4) is 0 Å². The molecule has 2 aliphatic heterocycles. The van der Waals surface area contributed by atoms with Gasteiger partial charge in [0, 0.05) is 36.8 Å². The van der Waals surface area contributed by atoms with Crippen LogP contribution < -0.4 is 4.74 Å². The van der Waals surface area contributed by atoms with E-state index in [1.54, 1.807) is 24.4 Å². The number of nitrogens with one attached hydrogen (secondary N) is 1. The second-order valence-corrected chi connectivity index (χ2v) is 12.0. The van der Waals surface area contributed by atoms with Gasteiger partial charge in [-0.25, -0.2) is 23.7 Å². The second kappa shape index (κ2) is 12.8. The Kier molecular flexibility index (Phi) is 8.53. The summed E-state index contributed by atoms with van der Waals surface area (Å²) in [5.41, 5.74) is 2.31. The number of rotatable bonds is 9. The topological polar surface area (TPSA) is 107 Å². The first-order valence-electron chi connectivity index (χ1n) is 15.0. The number of pyridine rings is 2. The third kappa shape index (κ3) is 6.92. The molecule has 47 heavy (non-hydrogen) atoms. The lowest BCUT2D eigenvalue weighted by Gasteiger charge is -2.32. The first-order chi connectivity index (χ1) is 22.6. The van der Waals surface area contributed by atoms with Crippen molar-refractivity contribution in [3.63, 3.8) is 0 Å². The molecule has 5 aromatic rings. The maximum Gasteiger partial charge on any atom is 0.451 e. The molecule has 2 fully saturated rings. The number of piperidine rings is 1. The number of likely N-dealkylation sites (tertiary alicyclic amines) is 1. The van der Waals surface area contributed by atoms with Gasteiger partial charge in [0.05, 0.1) is 36.4 Å². The normalized spacial score (nSPS) is 17.7. The van der Waals surface area contributed by atoms with Crippen LogP contribution in [-0.2, 0) is 30.4 Å². The molecule has 10 nitrogen and oxygen atoms in total. The van der Waals surface area contributed by atoms with Gasteiger partial charge >= 0.3 is 6.18 Å². The summed E-state index contributed by atoms with van der Waals surface area (Å²) in [6, 6.07) is 8.75. The number of imidazole rings is 1. The number of benzene rings is 1. The molecule has 1 N–H and O–H groups in total. The minimum Gasteiger partial charge on any atom is -0.472 e. The van der Waals surface area contributed by atoms with Gasteiger partial charge in [-0.15, -0.1) is 0 Å². The molecular formula is C31H28ClF5N8O2. The van der Waals surface area contributed by atoms with Crippen LogP contribution in [0.15, 0.2) is 42.6 Å². The molecule has 0 amide bonds. The molecule has 16 heteroatoms. The van der Waals surface area contributed by atoms with Crippen LogP contribution in [0.1, 0.15) is 42.2 Å². The number of nitrogens with zero attached hydrogens (tertiary/aromatic N) is 7. The third-order valence-electron chi connectivity index (χ3n) is 8.31. The molecule has 0 radical (unpaired) electrons. The van der Waals surface area contributed by atoms with Crippen molar-refractivity contribution in [2.45, 2.75) is 57.2 Å². The Balaban J connectivity index is 1.03. The average Bonchev–Trinajstić information content (AvgIpc) is 3.64. The van der Waals surface area contributed by atoms with Crippen LogP contribution in [0.2, 0.25) is 5.02 Å². The van der Waals surface area contributed by atoms with E-state index in [2.05, 4.69) is 25.0 Å². The van der Waals surface area contributed by atoms with Crippen molar-refractivity contribution in [2.24, 2.45) is 0 Å². The Morgan fingerprint density at radius 3 is 2.51 bits per heavy atom. The van der Waals surface area contributed by atoms with Crippen molar-refractivity contribution in [1.29, 1.82) is 0 Å². The maximum atomic E-state index is 14.7. The van der Waals surface area contributed by atoms with Crippen LogP contribution >= 0.6 is 11.6 Å². The third-order valence-corrected chi connectivity index (χ3v) is 8.55. The number of hydrogen-bond acceptors (Lipinski definition) is 8. The van der Waals surface area contributed by atoms with Gasteiger partial charge in [0.1, 0.15) is 23.4 Å². The fraction of sp³-hybridized carbons (Fsp3) is 0.387. The zero-order chi connectivity index (χ0) is 32.7. The predicted molar refractivity (Wildman–Crippen MR) is 160 cm³/mol. The molecule has 0 aliphatic carbocycles. The van der Waals surface area contributed by atoms with Gasteiger partial charge in [-0.3, -0.25) is 15.0 Å². The van der Waals surface area contributed by atoms with E-state index in [1.165, 1.54) is 18.2 Å². The van der Waals surface area contributed by atoms with E-state index in [0.717, 1.165) is 17.8 Å². The molecule has 2 aliphatic rings. The molecule has 4 aromatic heterocycles. The number of H-pyrrole nitrogens is 1. The van der Waals surface area contributed by atoms with Gasteiger partial charge in [0.2, 0.25) is 5.82 Å². The largest absolute Gasteiger partial charge is 0.472 e. The van der Waals surface area contributed by atoms with Crippen LogP contribution in [0, 0.1) is 11.6 Å². The minimum absolute atomic E-state index is 0.0293. The fourth-order valence-corrected chi connectivity index (χ4v) is 5.86. The summed E-state index contributed by atoms with van der Waals surface area (Å²) in [6.07, 6.45) is -1.03. The lowest BCUT2D eigenvalue weighted by atomic mass is 10.1. The van der Waals surface area contributed by atoms with Crippen molar-refractivity contribution >= 4 is 22.6 Å². The molecule has 7 rings (SSSR count). The number of halogens is 6. The van der Waals surface area contributed by atoms with Gasteiger partial charge in [0.25, 0.3) is 5.88 Å². The monoisotopic (exact) mass is 674 g/mol. The summed E-state index contributed by atoms with van der Waals surface area (Å²) in [7, 11) is 0. The molecule has 246 valence electrons. The number of aromatic nitrogens is 7. The van der Waals surface area contributed by atoms with Crippen molar-refractivity contribution in [1.82, 2.24) is 39.6 Å². The predicted octanol–water partition coefficient (Wildman–Crippen LogP) is 5.98. The molecule has 0 bridgehead atoms. The number of fused-ring (bicyclic) bond motifs is 1. The van der Waals surface area contributed by atoms with E-state index in [4.69, 9.17) is 26.1 Å². The lowest BCUT2D eigenvalue weighted by Crippen LogP contribution is -2.39. The molecular weight excluding hydrogens is 647 g/mol. The maximum absolute atomic E-state index is 14.7. The van der Waals surface area contributed by atoms with E-state index < -0.39 is 23.6 Å². The van der Waals surface area contributed by atoms with Crippen LogP contribution in [0.25, 0.3) is 22.6 Å². The highest BCUT2D eigenvalue weighted by Gasteiger charge is 2.35. The molecule has 1 aromatic carbocycles. The molecule has 0 spiro atoms. The van der Waals surface area contributed by atoms with Gasteiger partial charge in [-0.05, 0) is 55.2 Å². The Morgan fingerprint density at radius 2 is 1.81 bits per heavy atom. The quantitative estimate of drug-likeness (QED) is 0.190. The van der Waals surface area contributed by atoms with E-state index in [0.29, 0.717) is 62.4 Å². The first-order valence-corrected chi connectivity index (χ1v) is 15.4. The Hall–Kier alpha value is -4.21. The lowest BCUT2D eigenvalue weighted by molar-refractivity contribution is -0.144. The fourth-order valence-electron chi connectivity index (χ4n) is 5.70. The molecule has 2 saturated heterocycles.